The van der Waals surface area contributed by atoms with Crippen molar-refractivity contribution in [2.45, 2.75) is 12.5 Å². The SMILES string of the molecule is OC1C[C]c2ccccc21. The Hall–Kier alpha value is -0.820. The van der Waals surface area contributed by atoms with Gasteiger partial charge in [-0.2, -0.15) is 0 Å². The summed E-state index contributed by atoms with van der Waals surface area (Å²) in [5.41, 5.74) is 2.08. The molecule has 10 heavy (non-hydrogen) atoms. The van der Waals surface area contributed by atoms with Crippen molar-refractivity contribution >= 4 is 0 Å². The van der Waals surface area contributed by atoms with Crippen LogP contribution in [0.3, 0.4) is 0 Å². The number of hydrogen-bond donors (Lipinski definition) is 1. The number of aliphatic hydroxyl groups is 1. The van der Waals surface area contributed by atoms with E-state index in [2.05, 4.69) is 6.42 Å². The summed E-state index contributed by atoms with van der Waals surface area (Å²) in [4.78, 5) is 0. The molecule has 2 radical (unpaired) electrons. The highest BCUT2D eigenvalue weighted by Crippen LogP contribution is 2.31. The summed E-state index contributed by atoms with van der Waals surface area (Å²) >= 11 is 0. The molecule has 2 rings (SSSR count). The second-order valence-electron chi connectivity index (χ2n) is 2.48. The van der Waals surface area contributed by atoms with Crippen LogP contribution in [-0.4, -0.2) is 5.11 Å². The van der Waals surface area contributed by atoms with Gasteiger partial charge < -0.3 is 5.11 Å². The van der Waals surface area contributed by atoms with E-state index < -0.39 is 0 Å². The summed E-state index contributed by atoms with van der Waals surface area (Å²) in [6.45, 7) is 0. The fourth-order valence-electron chi connectivity index (χ4n) is 1.27. The lowest BCUT2D eigenvalue weighted by Crippen LogP contribution is -1.88. The molecule has 1 N–H and O–H groups in total. The molecule has 1 aliphatic rings. The molecule has 1 unspecified atom stereocenters. The first kappa shape index (κ1) is 5.93. The van der Waals surface area contributed by atoms with E-state index in [1.54, 1.807) is 0 Å². The molecule has 0 aliphatic heterocycles. The molecular formula is C9H8O. The standard InChI is InChI=1S/C9H8O/c10-9-6-5-7-3-1-2-4-8(7)9/h1-4,9-10H,6H2. The first-order valence-corrected chi connectivity index (χ1v) is 3.39. The van der Waals surface area contributed by atoms with Crippen LogP contribution in [-0.2, 0) is 0 Å². The molecule has 1 nitrogen and oxygen atoms in total. The molecule has 0 amide bonds. The Balaban J connectivity index is 2.51. The van der Waals surface area contributed by atoms with Gasteiger partial charge in [-0.05, 0) is 17.5 Å². The fourth-order valence-corrected chi connectivity index (χ4v) is 1.27. The van der Waals surface area contributed by atoms with Crippen LogP contribution in [0.15, 0.2) is 24.3 Å². The van der Waals surface area contributed by atoms with Crippen LogP contribution in [0.2, 0.25) is 0 Å². The van der Waals surface area contributed by atoms with E-state index in [0.717, 1.165) is 11.1 Å². The molecule has 50 valence electrons. The van der Waals surface area contributed by atoms with Gasteiger partial charge in [0.25, 0.3) is 0 Å². The number of benzene rings is 1. The van der Waals surface area contributed by atoms with E-state index in [9.17, 15) is 5.11 Å². The predicted octanol–water partition coefficient (Wildman–Crippen LogP) is 1.55. The topological polar surface area (TPSA) is 20.2 Å². The summed E-state index contributed by atoms with van der Waals surface area (Å²) in [5.74, 6) is 0. The maximum atomic E-state index is 9.32. The molecular weight excluding hydrogens is 124 g/mol. The van der Waals surface area contributed by atoms with Crippen LogP contribution < -0.4 is 0 Å². The second kappa shape index (κ2) is 2.10. The van der Waals surface area contributed by atoms with Crippen LogP contribution in [0.25, 0.3) is 0 Å². The van der Waals surface area contributed by atoms with E-state index in [-0.39, 0.29) is 6.10 Å². The molecule has 1 atom stereocenters. The highest BCUT2D eigenvalue weighted by molar-refractivity contribution is 5.39. The van der Waals surface area contributed by atoms with E-state index in [0.29, 0.717) is 6.42 Å². The molecule has 1 aromatic rings. The van der Waals surface area contributed by atoms with Crippen molar-refractivity contribution < 1.29 is 5.11 Å². The molecule has 0 saturated carbocycles. The van der Waals surface area contributed by atoms with E-state index in [4.69, 9.17) is 0 Å². The van der Waals surface area contributed by atoms with Crippen molar-refractivity contribution in [1.29, 1.82) is 0 Å². The average Bonchev–Trinajstić information content (AvgIpc) is 2.34. The van der Waals surface area contributed by atoms with Gasteiger partial charge in [0.2, 0.25) is 0 Å². The quantitative estimate of drug-likeness (QED) is 0.568. The Morgan fingerprint density at radius 3 is 3.00 bits per heavy atom. The van der Waals surface area contributed by atoms with Gasteiger partial charge in [-0.1, -0.05) is 24.3 Å². The van der Waals surface area contributed by atoms with Crippen LogP contribution in [0, 0.1) is 6.42 Å². The predicted molar refractivity (Wildman–Crippen MR) is 38.4 cm³/mol. The van der Waals surface area contributed by atoms with Crippen molar-refractivity contribution in [3.63, 3.8) is 0 Å². The minimum Gasteiger partial charge on any atom is -0.388 e. The summed E-state index contributed by atoms with van der Waals surface area (Å²) in [5, 5.41) is 9.32. The third-order valence-electron chi connectivity index (χ3n) is 1.81. The van der Waals surface area contributed by atoms with Gasteiger partial charge in [-0.25, -0.2) is 0 Å². The minimum absolute atomic E-state index is 0.309. The zero-order valence-corrected chi connectivity index (χ0v) is 5.54. The lowest BCUT2D eigenvalue weighted by atomic mass is 10.1. The molecule has 1 aliphatic carbocycles. The summed E-state index contributed by atoms with van der Waals surface area (Å²) in [7, 11) is 0. The van der Waals surface area contributed by atoms with Crippen molar-refractivity contribution in [1.82, 2.24) is 0 Å². The maximum Gasteiger partial charge on any atom is 0.0802 e. The number of fused-ring (bicyclic) bond motifs is 1. The molecule has 1 heteroatoms. The Morgan fingerprint density at radius 1 is 1.40 bits per heavy atom. The van der Waals surface area contributed by atoms with Gasteiger partial charge in [0.15, 0.2) is 0 Å². The zero-order chi connectivity index (χ0) is 6.97. The van der Waals surface area contributed by atoms with Crippen LogP contribution in [0.1, 0.15) is 23.7 Å². The van der Waals surface area contributed by atoms with Crippen LogP contribution in [0.4, 0.5) is 0 Å². The second-order valence-corrected chi connectivity index (χ2v) is 2.48. The van der Waals surface area contributed by atoms with Crippen LogP contribution >= 0.6 is 0 Å². The van der Waals surface area contributed by atoms with Crippen molar-refractivity contribution in [3.8, 4) is 0 Å². The first-order chi connectivity index (χ1) is 4.88. The zero-order valence-electron chi connectivity index (χ0n) is 5.54. The van der Waals surface area contributed by atoms with Crippen molar-refractivity contribution in [2.24, 2.45) is 0 Å². The first-order valence-electron chi connectivity index (χ1n) is 3.39. The van der Waals surface area contributed by atoms with Gasteiger partial charge in [-0.15, -0.1) is 0 Å². The number of aliphatic hydroxyl groups excluding tert-OH is 1. The van der Waals surface area contributed by atoms with E-state index >= 15 is 0 Å². The van der Waals surface area contributed by atoms with Gasteiger partial charge in [-0.3, -0.25) is 0 Å². The molecule has 1 aromatic carbocycles. The minimum atomic E-state index is -0.309. The largest absolute Gasteiger partial charge is 0.388 e. The smallest absolute Gasteiger partial charge is 0.0802 e. The highest BCUT2D eigenvalue weighted by Gasteiger charge is 2.18. The van der Waals surface area contributed by atoms with Gasteiger partial charge in [0.1, 0.15) is 0 Å². The lowest BCUT2D eigenvalue weighted by Gasteiger charge is -2.00. The number of hydrogen-bond acceptors (Lipinski definition) is 1. The summed E-state index contributed by atoms with van der Waals surface area (Å²) < 4.78 is 0. The maximum absolute atomic E-state index is 9.32. The van der Waals surface area contributed by atoms with Gasteiger partial charge in [0, 0.05) is 6.42 Å². The molecule has 0 bridgehead atoms. The third-order valence-corrected chi connectivity index (χ3v) is 1.81. The summed E-state index contributed by atoms with van der Waals surface area (Å²) in [6, 6.07) is 7.82. The Kier molecular flexibility index (Phi) is 1.24. The molecule has 0 spiro atoms. The van der Waals surface area contributed by atoms with E-state index in [1.165, 1.54) is 0 Å². The Morgan fingerprint density at radius 2 is 2.20 bits per heavy atom. The fraction of sp³-hybridized carbons (Fsp3) is 0.222. The van der Waals surface area contributed by atoms with Crippen molar-refractivity contribution in [3.05, 3.63) is 41.8 Å². The average molecular weight is 132 g/mol. The molecule has 0 saturated heterocycles. The normalized spacial score (nSPS) is 22.7. The summed E-state index contributed by atoms with van der Waals surface area (Å²) in [6.07, 6.45) is 3.44. The van der Waals surface area contributed by atoms with Crippen LogP contribution in [0.5, 0.6) is 0 Å². The lowest BCUT2D eigenvalue weighted by molar-refractivity contribution is 0.186. The molecule has 0 aromatic heterocycles. The van der Waals surface area contributed by atoms with E-state index in [1.807, 2.05) is 24.3 Å². The molecule has 0 heterocycles. The van der Waals surface area contributed by atoms with Gasteiger partial charge >= 0.3 is 0 Å². The Bertz CT molecular complexity index is 242. The highest BCUT2D eigenvalue weighted by atomic mass is 16.3. The monoisotopic (exact) mass is 132 g/mol. The van der Waals surface area contributed by atoms with Gasteiger partial charge in [0.05, 0.1) is 6.10 Å². The Labute approximate surface area is 60.3 Å². The number of rotatable bonds is 0. The third kappa shape index (κ3) is 0.745. The van der Waals surface area contributed by atoms with Crippen molar-refractivity contribution in [2.75, 3.05) is 0 Å². The molecule has 0 fully saturated rings.